The molecule has 1 fully saturated rings. The van der Waals surface area contributed by atoms with Crippen molar-refractivity contribution in [2.45, 2.75) is 61.9 Å². The van der Waals surface area contributed by atoms with Gasteiger partial charge < -0.3 is 19.4 Å². The minimum atomic E-state index is -0.320. The number of thioether (sulfide) groups is 1. The number of fused-ring (bicyclic) bond motifs is 1. The quantitative estimate of drug-likeness (QED) is 0.457. The molecule has 7 nitrogen and oxygen atoms in total. The summed E-state index contributed by atoms with van der Waals surface area (Å²) in [6.07, 6.45) is 6.80. The van der Waals surface area contributed by atoms with Gasteiger partial charge in [-0.3, -0.25) is 4.79 Å². The van der Waals surface area contributed by atoms with Crippen LogP contribution in [0.2, 0.25) is 0 Å². The summed E-state index contributed by atoms with van der Waals surface area (Å²) in [6, 6.07) is 10.1. The first-order chi connectivity index (χ1) is 16.2. The molecule has 174 valence electrons. The van der Waals surface area contributed by atoms with Crippen molar-refractivity contribution in [2.75, 3.05) is 18.5 Å². The van der Waals surface area contributed by atoms with Crippen LogP contribution in [0.15, 0.2) is 40.9 Å². The Morgan fingerprint density at radius 1 is 1.18 bits per heavy atom. The highest BCUT2D eigenvalue weighted by molar-refractivity contribution is 8.00. The van der Waals surface area contributed by atoms with Crippen LogP contribution < -0.4 is 14.8 Å². The lowest BCUT2D eigenvalue weighted by Gasteiger charge is -2.26. The van der Waals surface area contributed by atoms with Crippen molar-refractivity contribution in [3.8, 4) is 11.5 Å². The molecule has 0 bridgehead atoms. The van der Waals surface area contributed by atoms with Crippen LogP contribution in [0, 0.1) is 0 Å². The topological polar surface area (TPSA) is 78.3 Å². The molecule has 1 N–H and O–H groups in total. The van der Waals surface area contributed by atoms with Gasteiger partial charge in [-0.15, -0.1) is 21.5 Å². The molecule has 3 heterocycles. The Morgan fingerprint density at radius 3 is 2.79 bits per heavy atom. The lowest BCUT2D eigenvalue weighted by Crippen LogP contribution is -2.24. The highest BCUT2D eigenvalue weighted by Gasteiger charge is 2.26. The Kier molecular flexibility index (Phi) is 6.87. The van der Waals surface area contributed by atoms with Crippen molar-refractivity contribution in [3.05, 3.63) is 46.4 Å². The summed E-state index contributed by atoms with van der Waals surface area (Å²) in [5.41, 5.74) is 0.698. The third-order valence-corrected chi connectivity index (χ3v) is 7.98. The smallest absolute Gasteiger partial charge is 0.237 e. The maximum atomic E-state index is 13.0. The Balaban J connectivity index is 1.31. The molecule has 9 heteroatoms. The molecule has 1 amide bonds. The van der Waals surface area contributed by atoms with Gasteiger partial charge in [0.1, 0.15) is 19.0 Å². The van der Waals surface area contributed by atoms with Gasteiger partial charge in [-0.1, -0.05) is 37.1 Å². The summed E-state index contributed by atoms with van der Waals surface area (Å²) >= 11 is 3.22. The second kappa shape index (κ2) is 10.2. The van der Waals surface area contributed by atoms with Gasteiger partial charge >= 0.3 is 0 Å². The molecule has 2 aromatic heterocycles. The number of carbonyl (C=O) groups excluding carboxylic acids is 1. The third kappa shape index (κ3) is 5.19. The second-order valence-electron chi connectivity index (χ2n) is 8.42. The van der Waals surface area contributed by atoms with Gasteiger partial charge in [0.2, 0.25) is 5.91 Å². The average Bonchev–Trinajstić information content (AvgIpc) is 3.50. The molecule has 1 unspecified atom stereocenters. The first kappa shape index (κ1) is 22.3. The van der Waals surface area contributed by atoms with E-state index < -0.39 is 0 Å². The van der Waals surface area contributed by atoms with Crippen molar-refractivity contribution in [1.29, 1.82) is 0 Å². The van der Waals surface area contributed by atoms with Crippen molar-refractivity contribution in [1.82, 2.24) is 14.8 Å². The molecule has 5 rings (SSSR count). The number of ether oxygens (including phenoxy) is 2. The van der Waals surface area contributed by atoms with E-state index in [0.717, 1.165) is 30.2 Å². The fourth-order valence-corrected chi connectivity index (χ4v) is 6.00. The van der Waals surface area contributed by atoms with Crippen molar-refractivity contribution in [2.24, 2.45) is 0 Å². The van der Waals surface area contributed by atoms with E-state index in [9.17, 15) is 4.79 Å². The molecule has 1 saturated carbocycles. The zero-order valence-corrected chi connectivity index (χ0v) is 20.3. The van der Waals surface area contributed by atoms with E-state index in [2.05, 4.69) is 37.6 Å². The summed E-state index contributed by atoms with van der Waals surface area (Å²) < 4.78 is 13.5. The van der Waals surface area contributed by atoms with E-state index in [-0.39, 0.29) is 11.2 Å². The summed E-state index contributed by atoms with van der Waals surface area (Å²) in [5, 5.41) is 14.7. The van der Waals surface area contributed by atoms with Gasteiger partial charge in [-0.25, -0.2) is 0 Å². The van der Waals surface area contributed by atoms with Gasteiger partial charge in [-0.2, -0.15) is 0 Å². The zero-order valence-electron chi connectivity index (χ0n) is 18.7. The molecule has 0 saturated heterocycles. The fourth-order valence-electron chi connectivity index (χ4n) is 4.36. The SMILES string of the molecule is CC(Sc1nnc(Cc2cccs2)n1C1CCCCC1)C(=O)Nc1ccc2c(c1)OCCO2. The molecule has 2 aliphatic rings. The Labute approximate surface area is 201 Å². The number of carbonyl (C=O) groups is 1. The number of rotatable bonds is 7. The number of nitrogens with one attached hydrogen (secondary N) is 1. The van der Waals surface area contributed by atoms with Gasteiger partial charge in [0.05, 0.1) is 5.25 Å². The summed E-state index contributed by atoms with van der Waals surface area (Å²) in [4.78, 5) is 14.3. The fraction of sp³-hybridized carbons (Fsp3) is 0.458. The van der Waals surface area contributed by atoms with Crippen LogP contribution in [0.4, 0.5) is 5.69 Å². The molecular formula is C24H28N4O3S2. The van der Waals surface area contributed by atoms with Crippen molar-refractivity contribution >= 4 is 34.7 Å². The Hall–Kier alpha value is -2.52. The zero-order chi connectivity index (χ0) is 22.6. The molecule has 1 atom stereocenters. The standard InChI is InChI=1S/C24H28N4O3S2/c1-16(23(29)25-17-9-10-20-21(14-17)31-12-11-30-20)33-24-27-26-22(15-19-8-5-13-32-19)28(24)18-6-3-2-4-7-18/h5,8-10,13-14,16,18H,2-4,6-7,11-12,15H2,1H3,(H,25,29). The molecule has 1 aliphatic heterocycles. The van der Waals surface area contributed by atoms with Crippen LogP contribution in [-0.2, 0) is 11.2 Å². The minimum absolute atomic E-state index is 0.0744. The van der Waals surface area contributed by atoms with Crippen LogP contribution >= 0.6 is 23.1 Å². The highest BCUT2D eigenvalue weighted by atomic mass is 32.2. The molecule has 1 aliphatic carbocycles. The highest BCUT2D eigenvalue weighted by Crippen LogP contribution is 2.36. The van der Waals surface area contributed by atoms with Crippen molar-refractivity contribution < 1.29 is 14.3 Å². The van der Waals surface area contributed by atoms with E-state index in [1.54, 1.807) is 11.3 Å². The number of hydrogen-bond acceptors (Lipinski definition) is 7. The number of benzene rings is 1. The minimum Gasteiger partial charge on any atom is -0.486 e. The largest absolute Gasteiger partial charge is 0.486 e. The lowest BCUT2D eigenvalue weighted by molar-refractivity contribution is -0.115. The number of nitrogens with zero attached hydrogens (tertiary/aromatic N) is 3. The Bertz CT molecular complexity index is 1090. The molecule has 33 heavy (non-hydrogen) atoms. The van der Waals surface area contributed by atoms with Gasteiger partial charge in [0.25, 0.3) is 0 Å². The lowest BCUT2D eigenvalue weighted by atomic mass is 9.95. The first-order valence-corrected chi connectivity index (χ1v) is 13.3. The molecule has 0 radical (unpaired) electrons. The maximum Gasteiger partial charge on any atom is 0.237 e. The molecule has 1 aromatic carbocycles. The van der Waals surface area contributed by atoms with Crippen LogP contribution in [0.3, 0.4) is 0 Å². The summed E-state index contributed by atoms with van der Waals surface area (Å²) in [7, 11) is 0. The van der Waals surface area contributed by atoms with E-state index in [1.807, 2.05) is 25.1 Å². The maximum absolute atomic E-state index is 13.0. The first-order valence-electron chi connectivity index (χ1n) is 11.5. The van der Waals surface area contributed by atoms with Crippen LogP contribution in [0.1, 0.15) is 55.8 Å². The average molecular weight is 485 g/mol. The van der Waals surface area contributed by atoms with Crippen LogP contribution in [-0.4, -0.2) is 39.1 Å². The van der Waals surface area contributed by atoms with Gasteiger partial charge in [0.15, 0.2) is 16.7 Å². The third-order valence-electron chi connectivity index (χ3n) is 6.05. The van der Waals surface area contributed by atoms with E-state index in [1.165, 1.54) is 35.9 Å². The Morgan fingerprint density at radius 2 is 2.00 bits per heavy atom. The molecule has 3 aromatic rings. The summed E-state index contributed by atoms with van der Waals surface area (Å²) in [5.74, 6) is 2.29. The van der Waals surface area contributed by atoms with E-state index in [4.69, 9.17) is 9.47 Å². The number of thiophene rings is 1. The number of anilines is 1. The number of amides is 1. The van der Waals surface area contributed by atoms with Gasteiger partial charge in [0, 0.05) is 29.1 Å². The predicted octanol–water partition coefficient (Wildman–Crippen LogP) is 5.33. The monoisotopic (exact) mass is 484 g/mol. The number of aromatic nitrogens is 3. The number of hydrogen-bond donors (Lipinski definition) is 1. The molecular weight excluding hydrogens is 456 g/mol. The second-order valence-corrected chi connectivity index (χ2v) is 10.8. The van der Waals surface area contributed by atoms with E-state index >= 15 is 0 Å². The van der Waals surface area contributed by atoms with Crippen molar-refractivity contribution in [3.63, 3.8) is 0 Å². The molecule has 0 spiro atoms. The summed E-state index contributed by atoms with van der Waals surface area (Å²) in [6.45, 7) is 2.97. The normalized spacial score (nSPS) is 17.0. The van der Waals surface area contributed by atoms with Gasteiger partial charge in [-0.05, 0) is 43.3 Å². The van der Waals surface area contributed by atoms with Crippen LogP contribution in [0.25, 0.3) is 0 Å². The predicted molar refractivity (Wildman–Crippen MR) is 131 cm³/mol. The van der Waals surface area contributed by atoms with E-state index in [0.29, 0.717) is 36.4 Å². The van der Waals surface area contributed by atoms with Crippen LogP contribution in [0.5, 0.6) is 11.5 Å².